The van der Waals surface area contributed by atoms with Gasteiger partial charge in [0.15, 0.2) is 0 Å². The van der Waals surface area contributed by atoms with Gasteiger partial charge in [-0.2, -0.15) is 0 Å². The number of phenolic OH excluding ortho intramolecular Hbond substituents is 1. The van der Waals surface area contributed by atoms with Crippen molar-refractivity contribution in [1.29, 1.82) is 0 Å². The molecule has 0 fully saturated rings. The van der Waals surface area contributed by atoms with Crippen molar-refractivity contribution in [3.63, 3.8) is 0 Å². The summed E-state index contributed by atoms with van der Waals surface area (Å²) in [6.07, 6.45) is 1.68. The van der Waals surface area contributed by atoms with Gasteiger partial charge in [-0.05, 0) is 70.3 Å². The number of nitrogens with zero attached hydrogens (tertiary/aromatic N) is 3. The minimum atomic E-state index is -2.40. The Kier molecular flexibility index (Phi) is 11.2. The van der Waals surface area contributed by atoms with Gasteiger partial charge in [-0.25, -0.2) is 4.98 Å². The fourth-order valence-corrected chi connectivity index (χ4v) is 8.58. The van der Waals surface area contributed by atoms with Crippen molar-refractivity contribution in [2.75, 3.05) is 0 Å². The van der Waals surface area contributed by atoms with Gasteiger partial charge in [-0.15, -0.1) is 29.3 Å². The van der Waals surface area contributed by atoms with Gasteiger partial charge in [0.2, 0.25) is 0 Å². The molecule has 9 aromatic rings. The molecule has 5 heteroatoms. The summed E-state index contributed by atoms with van der Waals surface area (Å²) in [4.78, 5) is 10.5. The Morgan fingerprint density at radius 2 is 1.24 bits per heavy atom. The molecule has 0 aliphatic carbocycles. The maximum absolute atomic E-state index is 12.2. The number of rotatable bonds is 10. The molecule has 1 N–H and O–H groups in total. The van der Waals surface area contributed by atoms with E-state index in [0.717, 1.165) is 66.8 Å². The molecule has 316 valence electrons. The fraction of sp³-hybridized carbons (Fsp3) is 0.172. The number of fused-ring (bicyclic) bond motifs is 1. The van der Waals surface area contributed by atoms with E-state index < -0.39 is 12.3 Å². The van der Waals surface area contributed by atoms with Gasteiger partial charge < -0.3 is 5.11 Å². The number of benzene rings is 7. The smallest absolute Gasteiger partial charge is 0.148 e. The molecule has 0 amide bonds. The molecule has 63 heavy (non-hydrogen) atoms. The molecule has 0 unspecified atom stereocenters. The van der Waals surface area contributed by atoms with Crippen molar-refractivity contribution in [2.24, 2.45) is 0 Å². The topological polar surface area (TPSA) is 50.9 Å². The van der Waals surface area contributed by atoms with Crippen LogP contribution in [0.3, 0.4) is 0 Å². The third-order valence-electron chi connectivity index (χ3n) is 12.2. The number of aromatic hydroxyl groups is 1. The standard InChI is InChI=1S/C58H52N3O.Pt/c1-37(2)42-34-49(38(3)4)56(62)50(35-42)57-60-55-48(27-19-29-54(55)61(57)53-28-18-17-26-47(53)40-20-11-8-12-21-40)43-31-44(33-46(32-43)58(6,7)45-24-15-10-16-25-45)52-30-39(5)51(36-59-52)41-22-13-9-14-23-41;/h8-30,32-38,62H,1-7H3;/q-1;/i5D3;. The number of hydrogen-bond donors (Lipinski definition) is 1. The maximum atomic E-state index is 12.2. The molecular formula is C58H52N3OPt-. The fourth-order valence-electron chi connectivity index (χ4n) is 8.58. The minimum Gasteiger partial charge on any atom is -0.507 e. The van der Waals surface area contributed by atoms with Gasteiger partial charge >= 0.3 is 0 Å². The van der Waals surface area contributed by atoms with Crippen LogP contribution >= 0.6 is 0 Å². The Bertz CT molecular complexity index is 3180. The summed E-state index contributed by atoms with van der Waals surface area (Å²) in [5.74, 6) is 1.12. The van der Waals surface area contributed by atoms with E-state index in [1.807, 2.05) is 60.7 Å². The molecular weight excluding hydrogens is 950 g/mol. The van der Waals surface area contributed by atoms with Crippen LogP contribution in [0.4, 0.5) is 0 Å². The van der Waals surface area contributed by atoms with E-state index in [0.29, 0.717) is 28.2 Å². The van der Waals surface area contributed by atoms with Crippen LogP contribution in [-0.4, -0.2) is 19.6 Å². The quantitative estimate of drug-likeness (QED) is 0.139. The van der Waals surface area contributed by atoms with Crippen LogP contribution in [0.1, 0.15) is 85.3 Å². The summed E-state index contributed by atoms with van der Waals surface area (Å²) in [6, 6.07) is 58.8. The number of pyridine rings is 1. The van der Waals surface area contributed by atoms with Crippen LogP contribution in [0, 0.1) is 12.9 Å². The number of phenols is 1. The first-order chi connectivity index (χ1) is 31.2. The molecule has 0 bridgehead atoms. The second-order valence-corrected chi connectivity index (χ2v) is 17.3. The van der Waals surface area contributed by atoms with Crippen LogP contribution in [-0.2, 0) is 26.5 Å². The Labute approximate surface area is 390 Å². The number of aromatic nitrogens is 3. The van der Waals surface area contributed by atoms with Crippen LogP contribution in [0.5, 0.6) is 5.75 Å². The predicted octanol–water partition coefficient (Wildman–Crippen LogP) is 15.1. The monoisotopic (exact) mass is 1000 g/mol. The molecule has 0 aliphatic heterocycles. The van der Waals surface area contributed by atoms with Gasteiger partial charge in [0.25, 0.3) is 0 Å². The average Bonchev–Trinajstić information content (AvgIpc) is 3.71. The van der Waals surface area contributed by atoms with Gasteiger partial charge in [0.05, 0.1) is 22.3 Å². The zero-order valence-corrected chi connectivity index (χ0v) is 38.7. The first-order valence-corrected chi connectivity index (χ1v) is 21.4. The predicted molar refractivity (Wildman–Crippen MR) is 258 cm³/mol. The third kappa shape index (κ3) is 8.21. The Balaban J connectivity index is 0.00000592. The SMILES string of the molecule is [2H]C([2H])([2H])c1cc(-c2[c-]c(-c3cccc4c3nc(-c3cc(C(C)C)cc(C(C)C)c3O)n4-c3ccccc3-c3ccccc3)cc(C(C)(C)c3ccccc3)c2)ncc1-c1ccccc1.[Pt]. The molecule has 0 spiro atoms. The summed E-state index contributed by atoms with van der Waals surface area (Å²) in [7, 11) is 0. The Hall–Kier alpha value is -6.35. The normalized spacial score (nSPS) is 12.5. The zero-order chi connectivity index (χ0) is 45.6. The van der Waals surface area contributed by atoms with Crippen molar-refractivity contribution in [3.05, 3.63) is 204 Å². The summed E-state index contributed by atoms with van der Waals surface area (Å²) in [5.41, 5.74) is 13.3. The van der Waals surface area contributed by atoms with E-state index in [-0.39, 0.29) is 44.2 Å². The first-order valence-electron chi connectivity index (χ1n) is 22.9. The van der Waals surface area contributed by atoms with Crippen LogP contribution in [0.15, 0.2) is 170 Å². The number of imidazole rings is 1. The van der Waals surface area contributed by atoms with Gasteiger partial charge in [0.1, 0.15) is 11.6 Å². The second-order valence-electron chi connectivity index (χ2n) is 17.3. The van der Waals surface area contributed by atoms with Crippen molar-refractivity contribution in [3.8, 4) is 67.5 Å². The van der Waals surface area contributed by atoms with Crippen molar-refractivity contribution in [1.82, 2.24) is 14.5 Å². The van der Waals surface area contributed by atoms with E-state index in [9.17, 15) is 5.11 Å². The Morgan fingerprint density at radius 1 is 0.619 bits per heavy atom. The van der Waals surface area contributed by atoms with Crippen molar-refractivity contribution in [2.45, 2.75) is 65.6 Å². The molecule has 2 heterocycles. The van der Waals surface area contributed by atoms with Crippen molar-refractivity contribution >= 4 is 11.0 Å². The molecule has 0 atom stereocenters. The van der Waals surface area contributed by atoms with Gasteiger partial charge in [0, 0.05) is 53.6 Å². The zero-order valence-electron chi connectivity index (χ0n) is 39.4. The molecule has 0 saturated carbocycles. The first kappa shape index (κ1) is 39.5. The van der Waals surface area contributed by atoms with Crippen molar-refractivity contribution < 1.29 is 30.3 Å². The molecule has 0 aliphatic rings. The van der Waals surface area contributed by atoms with Crippen LogP contribution in [0.2, 0.25) is 0 Å². The molecule has 2 aromatic heterocycles. The third-order valence-corrected chi connectivity index (χ3v) is 12.2. The number of aryl methyl sites for hydroxylation is 1. The second kappa shape index (κ2) is 17.8. The van der Waals surface area contributed by atoms with Gasteiger partial charge in [-0.3, -0.25) is 9.55 Å². The maximum Gasteiger partial charge on any atom is 0.148 e. The summed E-state index contributed by atoms with van der Waals surface area (Å²) in [6.45, 7) is 10.6. The summed E-state index contributed by atoms with van der Waals surface area (Å²) in [5, 5.41) is 12.2. The molecule has 0 radical (unpaired) electrons. The van der Waals surface area contributed by atoms with E-state index in [1.165, 1.54) is 0 Å². The van der Waals surface area contributed by atoms with E-state index in [4.69, 9.17) is 14.1 Å². The Morgan fingerprint density at radius 3 is 1.90 bits per heavy atom. The average molecular weight is 1010 g/mol. The minimum absolute atomic E-state index is 0. The molecule has 0 saturated heterocycles. The largest absolute Gasteiger partial charge is 0.507 e. The molecule has 9 rings (SSSR count). The number of para-hydroxylation sites is 2. The summed E-state index contributed by atoms with van der Waals surface area (Å²) >= 11 is 0. The van der Waals surface area contributed by atoms with Crippen LogP contribution in [0.25, 0.3) is 72.7 Å². The van der Waals surface area contributed by atoms with E-state index >= 15 is 0 Å². The molecule has 4 nitrogen and oxygen atoms in total. The van der Waals surface area contributed by atoms with E-state index in [2.05, 4.69) is 149 Å². The van der Waals surface area contributed by atoms with E-state index in [1.54, 1.807) is 12.3 Å². The van der Waals surface area contributed by atoms with Gasteiger partial charge in [-0.1, -0.05) is 186 Å². The molecule has 7 aromatic carbocycles. The summed E-state index contributed by atoms with van der Waals surface area (Å²) < 4.78 is 28.1. The number of hydrogen-bond acceptors (Lipinski definition) is 3. The van der Waals surface area contributed by atoms with Crippen LogP contribution < -0.4 is 0 Å².